The lowest BCUT2D eigenvalue weighted by Gasteiger charge is -2.08. The van der Waals surface area contributed by atoms with Gasteiger partial charge >= 0.3 is 0 Å². The quantitative estimate of drug-likeness (QED) is 0.497. The molecule has 0 aliphatic carbocycles. The number of fused-ring (bicyclic) bond motifs is 2. The predicted molar refractivity (Wildman–Crippen MR) is 112 cm³/mol. The SMILES string of the molecule is O=C(NCCn1ncc2c(=O)n(Cc3ccc(F)cc3)cnc21)c1ccc2c(c1)OCO2. The second-order valence-corrected chi connectivity index (χ2v) is 7.23. The maximum absolute atomic E-state index is 13.1. The molecule has 0 saturated heterocycles. The van der Waals surface area contributed by atoms with Crippen molar-refractivity contribution in [1.29, 1.82) is 0 Å². The van der Waals surface area contributed by atoms with Crippen molar-refractivity contribution in [3.63, 3.8) is 0 Å². The maximum atomic E-state index is 13.1. The van der Waals surface area contributed by atoms with Crippen molar-refractivity contribution in [2.24, 2.45) is 0 Å². The van der Waals surface area contributed by atoms with Crippen LogP contribution < -0.4 is 20.3 Å². The molecule has 0 bridgehead atoms. The van der Waals surface area contributed by atoms with Gasteiger partial charge in [-0.1, -0.05) is 12.1 Å². The van der Waals surface area contributed by atoms with Gasteiger partial charge in [-0.25, -0.2) is 14.1 Å². The molecule has 1 aliphatic heterocycles. The molecule has 0 spiro atoms. The van der Waals surface area contributed by atoms with Crippen LogP contribution in [0, 0.1) is 5.82 Å². The van der Waals surface area contributed by atoms with Crippen molar-refractivity contribution in [2.75, 3.05) is 13.3 Å². The fourth-order valence-corrected chi connectivity index (χ4v) is 3.48. The molecule has 0 saturated carbocycles. The summed E-state index contributed by atoms with van der Waals surface area (Å²) in [6.45, 7) is 1.06. The van der Waals surface area contributed by atoms with Gasteiger partial charge in [0.25, 0.3) is 11.5 Å². The summed E-state index contributed by atoms with van der Waals surface area (Å²) in [5, 5.41) is 7.43. The van der Waals surface area contributed by atoms with Crippen molar-refractivity contribution < 1.29 is 18.7 Å². The Bertz CT molecular complexity index is 1360. The summed E-state index contributed by atoms with van der Waals surface area (Å²) < 4.78 is 26.6. The molecular formula is C22H18FN5O4. The van der Waals surface area contributed by atoms with E-state index in [2.05, 4.69) is 15.4 Å². The lowest BCUT2D eigenvalue weighted by Crippen LogP contribution is -2.27. The van der Waals surface area contributed by atoms with Gasteiger partial charge in [0.15, 0.2) is 17.1 Å². The summed E-state index contributed by atoms with van der Waals surface area (Å²) >= 11 is 0. The van der Waals surface area contributed by atoms with Crippen LogP contribution in [-0.2, 0) is 13.1 Å². The zero-order valence-electron chi connectivity index (χ0n) is 16.8. The van der Waals surface area contributed by atoms with E-state index >= 15 is 0 Å². The molecule has 0 radical (unpaired) electrons. The molecule has 0 atom stereocenters. The summed E-state index contributed by atoms with van der Waals surface area (Å²) in [4.78, 5) is 29.5. The van der Waals surface area contributed by atoms with Gasteiger partial charge in [-0.2, -0.15) is 5.10 Å². The highest BCUT2D eigenvalue weighted by Crippen LogP contribution is 2.32. The predicted octanol–water partition coefficient (Wildman–Crippen LogP) is 1.94. The van der Waals surface area contributed by atoms with Gasteiger partial charge < -0.3 is 14.8 Å². The Hall–Kier alpha value is -4.21. The van der Waals surface area contributed by atoms with E-state index in [9.17, 15) is 14.0 Å². The highest BCUT2D eigenvalue weighted by Gasteiger charge is 2.16. The molecule has 10 heteroatoms. The van der Waals surface area contributed by atoms with Gasteiger partial charge in [0.05, 0.1) is 19.3 Å². The van der Waals surface area contributed by atoms with Crippen LogP contribution in [0.1, 0.15) is 15.9 Å². The molecular weight excluding hydrogens is 417 g/mol. The van der Waals surface area contributed by atoms with Crippen LogP contribution in [0.15, 0.2) is 59.8 Å². The molecule has 1 aliphatic rings. The molecule has 9 nitrogen and oxygen atoms in total. The van der Waals surface area contributed by atoms with Gasteiger partial charge in [0.2, 0.25) is 6.79 Å². The first-order valence-electron chi connectivity index (χ1n) is 9.92. The molecule has 0 unspecified atom stereocenters. The van der Waals surface area contributed by atoms with E-state index < -0.39 is 0 Å². The van der Waals surface area contributed by atoms with E-state index in [1.54, 1.807) is 35.0 Å². The van der Waals surface area contributed by atoms with Crippen LogP contribution >= 0.6 is 0 Å². The standard InChI is InChI=1S/C22H18FN5O4/c23-16-4-1-14(2-5-16)11-27-12-25-20-17(22(27)30)10-26-28(20)8-7-24-21(29)15-3-6-18-19(9-15)32-13-31-18/h1-6,9-10,12H,7-8,11,13H2,(H,24,29). The topological polar surface area (TPSA) is 100 Å². The Kier molecular flexibility index (Phi) is 5.02. The summed E-state index contributed by atoms with van der Waals surface area (Å²) in [6.07, 6.45) is 2.91. The fraction of sp³-hybridized carbons (Fsp3) is 0.182. The Morgan fingerprint density at radius 1 is 1.12 bits per heavy atom. The normalized spacial score (nSPS) is 12.3. The van der Waals surface area contributed by atoms with Gasteiger partial charge in [-0.15, -0.1) is 0 Å². The van der Waals surface area contributed by atoms with Gasteiger partial charge in [-0.05, 0) is 35.9 Å². The lowest BCUT2D eigenvalue weighted by molar-refractivity contribution is 0.0951. The molecule has 3 heterocycles. The third kappa shape index (κ3) is 3.78. The van der Waals surface area contributed by atoms with E-state index in [-0.39, 0.29) is 30.6 Å². The number of ether oxygens (including phenoxy) is 2. The summed E-state index contributed by atoms with van der Waals surface area (Å²) in [5.74, 6) is 0.563. The number of hydrogen-bond acceptors (Lipinski definition) is 6. The number of benzene rings is 2. The van der Waals surface area contributed by atoms with E-state index in [0.717, 1.165) is 5.56 Å². The average molecular weight is 435 g/mol. The van der Waals surface area contributed by atoms with E-state index in [4.69, 9.17) is 9.47 Å². The number of aromatic nitrogens is 4. The molecule has 2 aromatic carbocycles. The van der Waals surface area contributed by atoms with Gasteiger partial charge in [0, 0.05) is 12.1 Å². The van der Waals surface area contributed by atoms with Crippen LogP contribution in [0.3, 0.4) is 0 Å². The van der Waals surface area contributed by atoms with Crippen molar-refractivity contribution in [1.82, 2.24) is 24.6 Å². The fourth-order valence-electron chi connectivity index (χ4n) is 3.48. The van der Waals surface area contributed by atoms with Crippen molar-refractivity contribution in [3.05, 3.63) is 82.3 Å². The molecule has 5 rings (SSSR count). The number of carbonyl (C=O) groups is 1. The average Bonchev–Trinajstić information content (AvgIpc) is 3.44. The van der Waals surface area contributed by atoms with E-state index in [1.165, 1.54) is 29.2 Å². The number of rotatable bonds is 6. The second-order valence-electron chi connectivity index (χ2n) is 7.23. The Morgan fingerprint density at radius 2 is 1.94 bits per heavy atom. The molecule has 1 N–H and O–H groups in total. The minimum atomic E-state index is -0.332. The van der Waals surface area contributed by atoms with Crippen LogP contribution in [-0.4, -0.2) is 38.6 Å². The molecule has 4 aromatic rings. The lowest BCUT2D eigenvalue weighted by atomic mass is 10.2. The largest absolute Gasteiger partial charge is 0.454 e. The highest BCUT2D eigenvalue weighted by atomic mass is 19.1. The highest BCUT2D eigenvalue weighted by molar-refractivity contribution is 5.94. The third-order valence-electron chi connectivity index (χ3n) is 5.13. The first kappa shape index (κ1) is 19.7. The molecule has 1 amide bonds. The molecule has 2 aromatic heterocycles. The Labute approximate surface area is 181 Å². The van der Waals surface area contributed by atoms with Crippen LogP contribution in [0.5, 0.6) is 11.5 Å². The monoisotopic (exact) mass is 435 g/mol. The minimum absolute atomic E-state index is 0.144. The molecule has 0 fully saturated rings. The number of nitrogens with one attached hydrogen (secondary N) is 1. The van der Waals surface area contributed by atoms with Crippen LogP contribution in [0.25, 0.3) is 11.0 Å². The minimum Gasteiger partial charge on any atom is -0.454 e. The Morgan fingerprint density at radius 3 is 2.78 bits per heavy atom. The zero-order valence-corrected chi connectivity index (χ0v) is 16.8. The first-order valence-corrected chi connectivity index (χ1v) is 9.92. The summed E-state index contributed by atoms with van der Waals surface area (Å²) in [6, 6.07) is 10.9. The van der Waals surface area contributed by atoms with Crippen molar-refractivity contribution in [3.8, 4) is 11.5 Å². The maximum Gasteiger partial charge on any atom is 0.264 e. The second kappa shape index (κ2) is 8.14. The molecule has 162 valence electrons. The van der Waals surface area contributed by atoms with Gasteiger partial charge in [-0.3, -0.25) is 14.2 Å². The van der Waals surface area contributed by atoms with Gasteiger partial charge in [0.1, 0.15) is 17.5 Å². The van der Waals surface area contributed by atoms with Crippen LogP contribution in [0.2, 0.25) is 0 Å². The number of amides is 1. The first-order chi connectivity index (χ1) is 15.6. The number of hydrogen-bond donors (Lipinski definition) is 1. The third-order valence-corrected chi connectivity index (χ3v) is 5.13. The molecule has 32 heavy (non-hydrogen) atoms. The van der Waals surface area contributed by atoms with Crippen molar-refractivity contribution in [2.45, 2.75) is 13.1 Å². The number of halogens is 1. The van der Waals surface area contributed by atoms with Crippen LogP contribution in [0.4, 0.5) is 4.39 Å². The van der Waals surface area contributed by atoms with Crippen molar-refractivity contribution >= 4 is 16.9 Å². The number of carbonyl (C=O) groups excluding carboxylic acids is 1. The Balaban J connectivity index is 1.26. The number of nitrogens with zero attached hydrogens (tertiary/aromatic N) is 4. The summed E-state index contributed by atoms with van der Waals surface area (Å²) in [5.41, 5.74) is 1.44. The zero-order chi connectivity index (χ0) is 22.1. The summed E-state index contributed by atoms with van der Waals surface area (Å²) in [7, 11) is 0. The van der Waals surface area contributed by atoms with E-state index in [1.807, 2.05) is 0 Å². The smallest absolute Gasteiger partial charge is 0.264 e. The van der Waals surface area contributed by atoms with E-state index in [0.29, 0.717) is 41.2 Å².